The van der Waals surface area contributed by atoms with Crippen LogP contribution < -0.4 is 54.8 Å². The minimum absolute atomic E-state index is 0.0130. The molecule has 0 aliphatic carbocycles. The average molecular weight is 1020 g/mol. The Kier molecular flexibility index (Phi) is 24.0. The van der Waals surface area contributed by atoms with E-state index < -0.39 is 125 Å². The lowest BCUT2D eigenvalue weighted by atomic mass is 10.0. The third-order valence-electron chi connectivity index (χ3n) is 13.0. The summed E-state index contributed by atoms with van der Waals surface area (Å²) in [7, 11) is 0. The van der Waals surface area contributed by atoms with Crippen molar-refractivity contribution in [2.24, 2.45) is 28.9 Å². The van der Waals surface area contributed by atoms with Gasteiger partial charge in [0.05, 0.1) is 6.04 Å². The van der Waals surface area contributed by atoms with Crippen molar-refractivity contribution in [3.05, 3.63) is 0 Å². The van der Waals surface area contributed by atoms with Crippen molar-refractivity contribution in [3.63, 3.8) is 0 Å². The van der Waals surface area contributed by atoms with Crippen LogP contribution in [0.2, 0.25) is 0 Å². The smallest absolute Gasteiger partial charge is 0.326 e. The van der Waals surface area contributed by atoms with Crippen LogP contribution in [0.1, 0.15) is 117 Å². The van der Waals surface area contributed by atoms with Crippen molar-refractivity contribution < 1.29 is 63.0 Å². The maximum Gasteiger partial charge on any atom is 0.326 e. The first-order valence-corrected chi connectivity index (χ1v) is 24.7. The summed E-state index contributed by atoms with van der Waals surface area (Å²) in [4.78, 5) is 149. The first-order valence-electron chi connectivity index (χ1n) is 24.7. The van der Waals surface area contributed by atoms with Crippen LogP contribution in [-0.2, 0) is 52.7 Å². The number of hydrogen-bond acceptors (Lipinski definition) is 14. The molecule has 3 fully saturated rings. The van der Waals surface area contributed by atoms with E-state index in [2.05, 4.69) is 31.9 Å². The summed E-state index contributed by atoms with van der Waals surface area (Å²) >= 11 is 0. The second-order valence-electron chi connectivity index (χ2n) is 18.9. The third kappa shape index (κ3) is 17.9. The molecule has 72 heavy (non-hydrogen) atoms. The molecule has 3 aliphatic heterocycles. The van der Waals surface area contributed by atoms with Crippen molar-refractivity contribution >= 4 is 71.1 Å². The van der Waals surface area contributed by atoms with E-state index in [9.17, 15) is 57.8 Å². The summed E-state index contributed by atoms with van der Waals surface area (Å²) in [6, 6.07) is -10.6. The molecule has 0 spiro atoms. The Morgan fingerprint density at radius 1 is 0.597 bits per heavy atom. The zero-order valence-electron chi connectivity index (χ0n) is 41.5. The van der Waals surface area contributed by atoms with Crippen LogP contribution in [0.15, 0.2) is 0 Å². The van der Waals surface area contributed by atoms with Crippen molar-refractivity contribution in [1.29, 1.82) is 5.41 Å². The standard InChI is InChI=1S/C45H76N14O13/c1-24(2)35(56-40(67)32-14-7-21-57(32)41(68)26(47)15-18-34(61)62)43(70)59-23-9-13-31(59)38(65)53-27(16-17-33(48)60)37(64)52-25(3)36(63)54-28(10-4-5-19-46)42(69)58-22-8-12-30(58)39(66)55-29(44(71)72)11-6-20-51-45(49)50/h24-32,35H,4-23,46-47H2,1-3H3,(H2,48,60)(H,52,64)(H,53,65)(H,54,63)(H,55,66)(H,56,67)(H,61,62)(H,71,72)(H4,49,50,51)/t25-,26-,27-,28-,29-,30-,31-,32-,35-/m0/s1. The molecular formula is C45H76N14O13. The molecule has 0 bridgehead atoms. The first kappa shape index (κ1) is 59.7. The molecule has 3 aliphatic rings. The number of nitrogens with one attached hydrogen (secondary N) is 7. The van der Waals surface area contributed by atoms with E-state index in [0.29, 0.717) is 32.1 Å². The Labute approximate surface area is 418 Å². The maximum absolute atomic E-state index is 14.2. The number of unbranched alkanes of at least 4 members (excludes halogenated alkanes) is 1. The number of carbonyl (C=O) groups is 11. The van der Waals surface area contributed by atoms with Crippen molar-refractivity contribution in [2.75, 3.05) is 32.7 Å². The van der Waals surface area contributed by atoms with Gasteiger partial charge in [-0.2, -0.15) is 0 Å². The lowest BCUT2D eigenvalue weighted by Gasteiger charge is -2.33. The summed E-state index contributed by atoms with van der Waals surface area (Å²) in [5.41, 5.74) is 22.4. The quantitative estimate of drug-likeness (QED) is 0.0193. The van der Waals surface area contributed by atoms with Gasteiger partial charge in [0.25, 0.3) is 0 Å². The Hall–Kier alpha value is -6.64. The molecule has 0 saturated carbocycles. The van der Waals surface area contributed by atoms with Gasteiger partial charge in [0.1, 0.15) is 48.3 Å². The number of amides is 9. The molecule has 3 saturated heterocycles. The number of nitrogens with two attached hydrogens (primary N) is 4. The molecule has 0 radical (unpaired) electrons. The van der Waals surface area contributed by atoms with E-state index in [0.717, 1.165) is 0 Å². The highest BCUT2D eigenvalue weighted by molar-refractivity contribution is 5.98. The van der Waals surface area contributed by atoms with E-state index in [-0.39, 0.29) is 103 Å². The summed E-state index contributed by atoms with van der Waals surface area (Å²) in [5, 5.41) is 41.6. The van der Waals surface area contributed by atoms with E-state index in [1.165, 1.54) is 21.6 Å². The molecule has 9 amide bonds. The Balaban J connectivity index is 1.71. The molecule has 27 nitrogen and oxygen atoms in total. The second kappa shape index (κ2) is 29.0. The van der Waals surface area contributed by atoms with Crippen LogP contribution in [0.25, 0.3) is 0 Å². The van der Waals surface area contributed by atoms with Crippen LogP contribution in [-0.4, -0.2) is 183 Å². The molecule has 0 aromatic carbocycles. The van der Waals surface area contributed by atoms with Gasteiger partial charge in [0.15, 0.2) is 5.96 Å². The number of hydrogen-bond donors (Lipinski definition) is 13. The Morgan fingerprint density at radius 3 is 1.61 bits per heavy atom. The van der Waals surface area contributed by atoms with E-state index in [4.69, 9.17) is 33.5 Å². The molecule has 3 rings (SSSR count). The van der Waals surface area contributed by atoms with Crippen molar-refractivity contribution in [1.82, 2.24) is 46.6 Å². The highest BCUT2D eigenvalue weighted by atomic mass is 16.4. The van der Waals surface area contributed by atoms with Gasteiger partial charge in [-0.15, -0.1) is 0 Å². The fraction of sp³-hybridized carbons (Fsp3) is 0.733. The molecule has 27 heteroatoms. The van der Waals surface area contributed by atoms with Gasteiger partial charge in [0.2, 0.25) is 53.2 Å². The second-order valence-corrected chi connectivity index (χ2v) is 18.9. The number of carboxylic acids is 2. The van der Waals surface area contributed by atoms with Gasteiger partial charge in [-0.1, -0.05) is 13.8 Å². The number of aliphatic carboxylic acids is 2. The molecule has 404 valence electrons. The monoisotopic (exact) mass is 1020 g/mol. The third-order valence-corrected chi connectivity index (χ3v) is 13.0. The summed E-state index contributed by atoms with van der Waals surface area (Å²) in [6.07, 6.45) is 2.11. The molecule has 3 heterocycles. The largest absolute Gasteiger partial charge is 0.481 e. The zero-order valence-corrected chi connectivity index (χ0v) is 41.5. The number of likely N-dealkylation sites (tertiary alicyclic amines) is 3. The fourth-order valence-corrected chi connectivity index (χ4v) is 8.97. The molecular weight excluding hydrogens is 945 g/mol. The van der Waals surface area contributed by atoms with Gasteiger partial charge >= 0.3 is 11.9 Å². The van der Waals surface area contributed by atoms with Crippen LogP contribution in [0.4, 0.5) is 0 Å². The Morgan fingerprint density at radius 2 is 1.11 bits per heavy atom. The Bertz CT molecular complexity index is 1990. The SMILES string of the molecule is CC(C)[C@H](NC(=O)[C@@H]1CCCN1C(=O)[C@@H](N)CCC(=O)O)C(=O)N1CCC[C@H]1C(=O)N[C@@H](CCC(N)=O)C(=O)N[C@@H](C)C(=O)N[C@@H](CCCCN)C(=O)N1CCC[C@H]1C(=O)N[C@@H](CCCNC(=N)N)C(=O)O. The lowest BCUT2D eigenvalue weighted by molar-refractivity contribution is -0.145. The van der Waals surface area contributed by atoms with Crippen LogP contribution in [0.5, 0.6) is 0 Å². The number of rotatable bonds is 29. The van der Waals surface area contributed by atoms with Gasteiger partial charge < -0.3 is 79.7 Å². The van der Waals surface area contributed by atoms with Crippen LogP contribution in [0, 0.1) is 11.3 Å². The van der Waals surface area contributed by atoms with Crippen LogP contribution in [0.3, 0.4) is 0 Å². The first-order chi connectivity index (χ1) is 34.0. The maximum atomic E-state index is 14.2. The van der Waals surface area contributed by atoms with Crippen molar-refractivity contribution in [3.8, 4) is 0 Å². The number of primary amides is 1. The molecule has 0 aromatic rings. The van der Waals surface area contributed by atoms with E-state index >= 15 is 0 Å². The van der Waals surface area contributed by atoms with Crippen LogP contribution >= 0.6 is 0 Å². The van der Waals surface area contributed by atoms with Gasteiger partial charge in [0, 0.05) is 39.0 Å². The minimum Gasteiger partial charge on any atom is -0.481 e. The lowest BCUT2D eigenvalue weighted by Crippen LogP contribution is -2.60. The number of carboxylic acid groups (broad SMARTS) is 2. The number of carbonyl (C=O) groups excluding carboxylic acids is 9. The fourth-order valence-electron chi connectivity index (χ4n) is 8.97. The van der Waals surface area contributed by atoms with E-state index in [1.807, 2.05) is 0 Å². The normalized spacial score (nSPS) is 20.0. The molecule has 0 unspecified atom stereocenters. The highest BCUT2D eigenvalue weighted by Crippen LogP contribution is 2.24. The molecule has 17 N–H and O–H groups in total. The predicted octanol–water partition coefficient (Wildman–Crippen LogP) is -4.01. The minimum atomic E-state index is -1.43. The number of guanidine groups is 1. The van der Waals surface area contributed by atoms with Gasteiger partial charge in [-0.3, -0.25) is 53.4 Å². The van der Waals surface area contributed by atoms with Gasteiger partial charge in [-0.25, -0.2) is 4.79 Å². The topological polar surface area (TPSA) is 438 Å². The van der Waals surface area contributed by atoms with Gasteiger partial charge in [-0.05, 0) is 103 Å². The summed E-state index contributed by atoms with van der Waals surface area (Å²) < 4.78 is 0. The summed E-state index contributed by atoms with van der Waals surface area (Å²) in [6.45, 7) is 5.67. The zero-order chi connectivity index (χ0) is 53.8. The van der Waals surface area contributed by atoms with E-state index in [1.54, 1.807) is 13.8 Å². The molecule has 0 aromatic heterocycles. The highest BCUT2D eigenvalue weighted by Gasteiger charge is 2.43. The molecule has 9 atom stereocenters. The average Bonchev–Trinajstić information content (AvgIpc) is 4.13. The predicted molar refractivity (Wildman–Crippen MR) is 257 cm³/mol. The number of nitrogens with zero attached hydrogens (tertiary/aromatic N) is 3. The summed E-state index contributed by atoms with van der Waals surface area (Å²) in [5.74, 6) is -9.54. The van der Waals surface area contributed by atoms with Crippen molar-refractivity contribution in [2.45, 2.75) is 171 Å².